The Bertz CT molecular complexity index is 459. The Kier molecular flexibility index (Phi) is 4.46. The number of nitrogens with zero attached hydrogens (tertiary/aromatic N) is 2. The third-order valence-corrected chi connectivity index (χ3v) is 4.95. The molecule has 2 aliphatic rings. The standard InChI is InChI=1S/C15H22BrN3O/c16-13-9-14(17-10-13)15(20)19-7-3-12(4-8-19)11-18-5-1-2-6-18/h9-10,12,17H,1-8,11H2. The SMILES string of the molecule is O=C(c1cc(Br)c[nH]1)N1CCC(CN2CCCC2)CC1. The van der Waals surface area contributed by atoms with Crippen LogP contribution in [0.4, 0.5) is 0 Å². The fraction of sp³-hybridized carbons (Fsp3) is 0.667. The monoisotopic (exact) mass is 339 g/mol. The van der Waals surface area contributed by atoms with Gasteiger partial charge in [0, 0.05) is 30.3 Å². The molecular formula is C15H22BrN3O. The lowest BCUT2D eigenvalue weighted by molar-refractivity contribution is 0.0668. The number of aromatic nitrogens is 1. The topological polar surface area (TPSA) is 39.3 Å². The molecule has 3 heterocycles. The summed E-state index contributed by atoms with van der Waals surface area (Å²) in [6.45, 7) is 5.57. The molecule has 5 heteroatoms. The van der Waals surface area contributed by atoms with Gasteiger partial charge in [-0.3, -0.25) is 4.79 Å². The highest BCUT2D eigenvalue weighted by Gasteiger charge is 2.26. The highest BCUT2D eigenvalue weighted by molar-refractivity contribution is 9.10. The molecule has 0 unspecified atom stereocenters. The Balaban J connectivity index is 1.49. The molecule has 4 nitrogen and oxygen atoms in total. The summed E-state index contributed by atoms with van der Waals surface area (Å²) in [6.07, 6.45) is 6.82. The van der Waals surface area contributed by atoms with Crippen LogP contribution >= 0.6 is 15.9 Å². The number of carbonyl (C=O) groups excluding carboxylic acids is 1. The number of nitrogens with one attached hydrogen (secondary N) is 1. The summed E-state index contributed by atoms with van der Waals surface area (Å²) in [6, 6.07) is 1.86. The van der Waals surface area contributed by atoms with Gasteiger partial charge in [0.15, 0.2) is 0 Å². The van der Waals surface area contributed by atoms with Crippen molar-refractivity contribution in [2.45, 2.75) is 25.7 Å². The van der Waals surface area contributed by atoms with E-state index < -0.39 is 0 Å². The van der Waals surface area contributed by atoms with Crippen molar-refractivity contribution in [2.24, 2.45) is 5.92 Å². The molecule has 20 heavy (non-hydrogen) atoms. The highest BCUT2D eigenvalue weighted by Crippen LogP contribution is 2.22. The number of hydrogen-bond donors (Lipinski definition) is 1. The maximum atomic E-state index is 12.3. The number of aromatic amines is 1. The van der Waals surface area contributed by atoms with Crippen molar-refractivity contribution < 1.29 is 4.79 Å². The Morgan fingerprint density at radius 2 is 1.95 bits per heavy atom. The molecule has 0 atom stereocenters. The zero-order valence-corrected chi connectivity index (χ0v) is 13.4. The van der Waals surface area contributed by atoms with Crippen LogP contribution in [0.25, 0.3) is 0 Å². The third kappa shape index (κ3) is 3.26. The maximum absolute atomic E-state index is 12.3. The second-order valence-corrected chi connectivity index (χ2v) is 6.89. The maximum Gasteiger partial charge on any atom is 0.270 e. The van der Waals surface area contributed by atoms with E-state index in [2.05, 4.69) is 25.8 Å². The van der Waals surface area contributed by atoms with Crippen LogP contribution in [0, 0.1) is 5.92 Å². The smallest absolute Gasteiger partial charge is 0.270 e. The minimum atomic E-state index is 0.135. The zero-order chi connectivity index (χ0) is 13.9. The first-order chi connectivity index (χ1) is 9.72. The number of rotatable bonds is 3. The molecule has 1 N–H and O–H groups in total. The minimum absolute atomic E-state index is 0.135. The second kappa shape index (κ2) is 6.31. The van der Waals surface area contributed by atoms with Crippen molar-refractivity contribution in [1.82, 2.24) is 14.8 Å². The number of carbonyl (C=O) groups is 1. The van der Waals surface area contributed by atoms with Gasteiger partial charge >= 0.3 is 0 Å². The number of H-pyrrole nitrogens is 1. The molecule has 2 saturated heterocycles. The largest absolute Gasteiger partial charge is 0.356 e. The summed E-state index contributed by atoms with van der Waals surface area (Å²) in [4.78, 5) is 19.9. The number of likely N-dealkylation sites (tertiary alicyclic amines) is 2. The lowest BCUT2D eigenvalue weighted by Gasteiger charge is -2.33. The van der Waals surface area contributed by atoms with Crippen LogP contribution in [0.1, 0.15) is 36.2 Å². The van der Waals surface area contributed by atoms with Crippen molar-refractivity contribution in [3.8, 4) is 0 Å². The molecule has 110 valence electrons. The molecule has 3 rings (SSSR count). The van der Waals surface area contributed by atoms with Crippen molar-refractivity contribution in [2.75, 3.05) is 32.7 Å². The minimum Gasteiger partial charge on any atom is -0.356 e. The molecule has 1 aromatic heterocycles. The average Bonchev–Trinajstić information content (AvgIpc) is 3.10. The summed E-state index contributed by atoms with van der Waals surface area (Å²) < 4.78 is 0.935. The van der Waals surface area contributed by atoms with Crippen molar-refractivity contribution in [3.05, 3.63) is 22.4 Å². The van der Waals surface area contributed by atoms with Gasteiger partial charge in [0.2, 0.25) is 0 Å². The first kappa shape index (κ1) is 14.1. The van der Waals surface area contributed by atoms with Crippen LogP contribution in [0.3, 0.4) is 0 Å². The summed E-state index contributed by atoms with van der Waals surface area (Å²) in [7, 11) is 0. The van der Waals surface area contributed by atoms with Gasteiger partial charge in [-0.15, -0.1) is 0 Å². The van der Waals surface area contributed by atoms with E-state index in [9.17, 15) is 4.79 Å². The Morgan fingerprint density at radius 3 is 2.55 bits per heavy atom. The quantitative estimate of drug-likeness (QED) is 0.919. The Morgan fingerprint density at radius 1 is 1.25 bits per heavy atom. The number of amides is 1. The van der Waals surface area contributed by atoms with Gasteiger partial charge in [0.25, 0.3) is 5.91 Å². The first-order valence-electron chi connectivity index (χ1n) is 7.58. The third-order valence-electron chi connectivity index (χ3n) is 4.50. The van der Waals surface area contributed by atoms with E-state index in [1.165, 1.54) is 32.5 Å². The van der Waals surface area contributed by atoms with E-state index in [4.69, 9.17) is 0 Å². The van der Waals surface area contributed by atoms with Crippen LogP contribution in [-0.4, -0.2) is 53.4 Å². The molecule has 0 bridgehead atoms. The molecule has 0 saturated carbocycles. The highest BCUT2D eigenvalue weighted by atomic mass is 79.9. The van der Waals surface area contributed by atoms with Crippen LogP contribution in [0.5, 0.6) is 0 Å². The molecule has 1 aromatic rings. The van der Waals surface area contributed by atoms with Gasteiger partial charge in [-0.1, -0.05) is 0 Å². The van der Waals surface area contributed by atoms with E-state index in [0.717, 1.165) is 36.3 Å². The van der Waals surface area contributed by atoms with Crippen molar-refractivity contribution >= 4 is 21.8 Å². The van der Waals surface area contributed by atoms with Gasteiger partial charge in [0.05, 0.1) is 0 Å². The van der Waals surface area contributed by atoms with Crippen molar-refractivity contribution in [3.63, 3.8) is 0 Å². The fourth-order valence-electron chi connectivity index (χ4n) is 3.31. The lowest BCUT2D eigenvalue weighted by atomic mass is 9.96. The van der Waals surface area contributed by atoms with E-state index in [1.807, 2.05) is 17.2 Å². The van der Waals surface area contributed by atoms with Gasteiger partial charge in [0.1, 0.15) is 5.69 Å². The van der Waals surface area contributed by atoms with Crippen LogP contribution in [0.2, 0.25) is 0 Å². The summed E-state index contributed by atoms with van der Waals surface area (Å²) in [5, 5.41) is 0. The second-order valence-electron chi connectivity index (χ2n) is 5.97. The number of piperidine rings is 1. The Hall–Kier alpha value is -0.810. The Labute approximate surface area is 128 Å². The van der Waals surface area contributed by atoms with E-state index >= 15 is 0 Å². The first-order valence-corrected chi connectivity index (χ1v) is 8.37. The predicted octanol–water partition coefficient (Wildman–Crippen LogP) is 2.73. The zero-order valence-electron chi connectivity index (χ0n) is 11.8. The number of halogens is 1. The average molecular weight is 340 g/mol. The van der Waals surface area contributed by atoms with Crippen LogP contribution in [-0.2, 0) is 0 Å². The molecular weight excluding hydrogens is 318 g/mol. The molecule has 0 spiro atoms. The summed E-state index contributed by atoms with van der Waals surface area (Å²) in [5.41, 5.74) is 0.690. The summed E-state index contributed by atoms with van der Waals surface area (Å²) >= 11 is 3.38. The molecule has 1 amide bonds. The van der Waals surface area contributed by atoms with E-state index in [0.29, 0.717) is 5.69 Å². The molecule has 2 aliphatic heterocycles. The van der Waals surface area contributed by atoms with E-state index in [-0.39, 0.29) is 5.91 Å². The number of hydrogen-bond acceptors (Lipinski definition) is 2. The molecule has 0 aliphatic carbocycles. The van der Waals surface area contributed by atoms with Gasteiger partial charge < -0.3 is 14.8 Å². The molecule has 2 fully saturated rings. The van der Waals surface area contributed by atoms with E-state index in [1.54, 1.807) is 0 Å². The van der Waals surface area contributed by atoms with Gasteiger partial charge in [-0.05, 0) is 66.7 Å². The fourth-order valence-corrected chi connectivity index (χ4v) is 3.65. The van der Waals surface area contributed by atoms with Gasteiger partial charge in [-0.2, -0.15) is 0 Å². The van der Waals surface area contributed by atoms with Gasteiger partial charge in [-0.25, -0.2) is 0 Å². The molecule has 0 aromatic carbocycles. The lowest BCUT2D eigenvalue weighted by Crippen LogP contribution is -2.41. The van der Waals surface area contributed by atoms with Crippen LogP contribution in [0.15, 0.2) is 16.7 Å². The normalized spacial score (nSPS) is 21.6. The summed E-state index contributed by atoms with van der Waals surface area (Å²) in [5.74, 6) is 0.905. The van der Waals surface area contributed by atoms with Crippen LogP contribution < -0.4 is 0 Å². The van der Waals surface area contributed by atoms with Crippen molar-refractivity contribution in [1.29, 1.82) is 0 Å². The predicted molar refractivity (Wildman–Crippen MR) is 82.8 cm³/mol. The molecule has 0 radical (unpaired) electrons.